The highest BCUT2D eigenvalue weighted by Crippen LogP contribution is 2.28. The van der Waals surface area contributed by atoms with Gasteiger partial charge in [-0.15, -0.1) is 0 Å². The van der Waals surface area contributed by atoms with E-state index in [9.17, 15) is 0 Å². The van der Waals surface area contributed by atoms with Crippen molar-refractivity contribution in [2.75, 3.05) is 46.4 Å². The quantitative estimate of drug-likeness (QED) is 0.613. The molecule has 1 N–H and O–H groups in total. The zero-order valence-corrected chi connectivity index (χ0v) is 13.8. The average molecular weight is 294 g/mol. The molecule has 0 amide bonds. The first-order valence-corrected chi connectivity index (χ1v) is 8.39. The van der Waals surface area contributed by atoms with E-state index in [1.54, 1.807) is 0 Å². The van der Waals surface area contributed by atoms with E-state index < -0.39 is 0 Å². The molecule has 5 heteroatoms. The number of guanidine groups is 1. The van der Waals surface area contributed by atoms with Gasteiger partial charge in [0, 0.05) is 39.3 Å². The van der Waals surface area contributed by atoms with Crippen LogP contribution in [0.15, 0.2) is 4.99 Å². The summed E-state index contributed by atoms with van der Waals surface area (Å²) in [6, 6.07) is 0.681. The van der Waals surface area contributed by atoms with Crippen molar-refractivity contribution in [3.63, 3.8) is 0 Å². The van der Waals surface area contributed by atoms with Crippen LogP contribution >= 0.6 is 0 Å². The molecular formula is C16H30N4O. The molecule has 3 fully saturated rings. The molecular weight excluding hydrogens is 264 g/mol. The van der Waals surface area contributed by atoms with Crippen LogP contribution in [0.1, 0.15) is 33.1 Å². The van der Waals surface area contributed by atoms with E-state index in [4.69, 9.17) is 4.74 Å². The van der Waals surface area contributed by atoms with Crippen LogP contribution in [0.3, 0.4) is 0 Å². The van der Waals surface area contributed by atoms with E-state index >= 15 is 0 Å². The van der Waals surface area contributed by atoms with Crippen LogP contribution in [0.2, 0.25) is 0 Å². The van der Waals surface area contributed by atoms with Crippen LogP contribution in [-0.2, 0) is 4.74 Å². The van der Waals surface area contributed by atoms with E-state index in [1.807, 2.05) is 7.05 Å². The predicted molar refractivity (Wildman–Crippen MR) is 85.7 cm³/mol. The number of hydrogen-bond donors (Lipinski definition) is 1. The first-order chi connectivity index (χ1) is 10.1. The number of rotatable bonds is 2. The molecule has 3 rings (SSSR count). The van der Waals surface area contributed by atoms with Crippen molar-refractivity contribution in [1.29, 1.82) is 0 Å². The van der Waals surface area contributed by atoms with E-state index in [0.29, 0.717) is 17.6 Å². The van der Waals surface area contributed by atoms with E-state index in [-0.39, 0.29) is 0 Å². The maximum Gasteiger partial charge on any atom is 0.193 e. The number of aliphatic imine (C=N–C) groups is 1. The molecule has 21 heavy (non-hydrogen) atoms. The highest BCUT2D eigenvalue weighted by atomic mass is 16.5. The Bertz CT molecular complexity index is 396. The van der Waals surface area contributed by atoms with Gasteiger partial charge in [0.15, 0.2) is 5.96 Å². The zero-order chi connectivity index (χ0) is 14.9. The number of hydrogen-bond acceptors (Lipinski definition) is 3. The Hall–Kier alpha value is -0.810. The Balaban J connectivity index is 1.47. The minimum atomic E-state index is 0.298. The minimum absolute atomic E-state index is 0.298. The van der Waals surface area contributed by atoms with Crippen LogP contribution in [0, 0.1) is 5.41 Å². The van der Waals surface area contributed by atoms with Crippen molar-refractivity contribution in [3.05, 3.63) is 0 Å². The van der Waals surface area contributed by atoms with Crippen LogP contribution in [0.5, 0.6) is 0 Å². The molecule has 0 aromatic rings. The van der Waals surface area contributed by atoms with Gasteiger partial charge in [0.1, 0.15) is 0 Å². The van der Waals surface area contributed by atoms with Gasteiger partial charge in [-0.25, -0.2) is 0 Å². The smallest absolute Gasteiger partial charge is 0.193 e. The summed E-state index contributed by atoms with van der Waals surface area (Å²) < 4.78 is 6.01. The third kappa shape index (κ3) is 3.51. The summed E-state index contributed by atoms with van der Waals surface area (Å²) in [5.74, 6) is 1.03. The van der Waals surface area contributed by atoms with Crippen molar-refractivity contribution in [2.24, 2.45) is 10.4 Å². The fourth-order valence-electron chi connectivity index (χ4n) is 3.84. The lowest BCUT2D eigenvalue weighted by atomic mass is 9.93. The highest BCUT2D eigenvalue weighted by Gasteiger charge is 2.33. The summed E-state index contributed by atoms with van der Waals surface area (Å²) in [5.41, 5.74) is 0.404. The van der Waals surface area contributed by atoms with Crippen LogP contribution in [-0.4, -0.2) is 74.3 Å². The molecule has 2 atom stereocenters. The second-order valence-corrected chi connectivity index (χ2v) is 7.51. The summed E-state index contributed by atoms with van der Waals surface area (Å²) in [7, 11) is 1.88. The van der Waals surface area contributed by atoms with Gasteiger partial charge in [-0.05, 0) is 31.2 Å². The van der Waals surface area contributed by atoms with Gasteiger partial charge < -0.3 is 15.0 Å². The number of nitrogens with one attached hydrogen (secondary N) is 1. The van der Waals surface area contributed by atoms with E-state index in [2.05, 4.69) is 34.0 Å². The average Bonchev–Trinajstić information content (AvgIpc) is 3.05. The maximum absolute atomic E-state index is 6.01. The van der Waals surface area contributed by atoms with Crippen LogP contribution in [0.4, 0.5) is 0 Å². The Kier molecular flexibility index (Phi) is 4.41. The fraction of sp³-hybridized carbons (Fsp3) is 0.938. The molecule has 3 saturated heterocycles. The van der Waals surface area contributed by atoms with Crippen molar-refractivity contribution in [1.82, 2.24) is 15.1 Å². The zero-order valence-electron chi connectivity index (χ0n) is 13.8. The lowest BCUT2D eigenvalue weighted by Crippen LogP contribution is -2.51. The fourth-order valence-corrected chi connectivity index (χ4v) is 3.84. The summed E-state index contributed by atoms with van der Waals surface area (Å²) in [4.78, 5) is 9.42. The summed E-state index contributed by atoms with van der Waals surface area (Å²) >= 11 is 0. The minimum Gasteiger partial charge on any atom is -0.373 e. The predicted octanol–water partition coefficient (Wildman–Crippen LogP) is 1.16. The molecule has 0 aromatic carbocycles. The normalized spacial score (nSPS) is 33.3. The van der Waals surface area contributed by atoms with Gasteiger partial charge >= 0.3 is 0 Å². The maximum atomic E-state index is 6.01. The molecule has 2 unspecified atom stereocenters. The van der Waals surface area contributed by atoms with Crippen LogP contribution < -0.4 is 5.32 Å². The molecule has 0 radical (unpaired) electrons. The van der Waals surface area contributed by atoms with Gasteiger partial charge in [0.05, 0.1) is 12.7 Å². The molecule has 3 heterocycles. The largest absolute Gasteiger partial charge is 0.373 e. The Morgan fingerprint density at radius 1 is 1.38 bits per heavy atom. The standard InChI is InChI=1S/C16H30N4O/c1-16(2)6-8-20(12-16)15(17-3)18-9-14-10-19-7-4-5-13(19)11-21-14/h13-14H,4-12H2,1-3H3,(H,17,18). The summed E-state index contributed by atoms with van der Waals surface area (Å²) in [5, 5.41) is 3.52. The topological polar surface area (TPSA) is 40.1 Å². The van der Waals surface area contributed by atoms with Gasteiger partial charge in [0.25, 0.3) is 0 Å². The summed E-state index contributed by atoms with van der Waals surface area (Å²) in [6.07, 6.45) is 4.18. The number of nitrogens with zero attached hydrogens (tertiary/aromatic N) is 3. The Morgan fingerprint density at radius 3 is 2.95 bits per heavy atom. The van der Waals surface area contributed by atoms with E-state index in [0.717, 1.165) is 38.7 Å². The molecule has 0 spiro atoms. The second-order valence-electron chi connectivity index (χ2n) is 7.51. The summed E-state index contributed by atoms with van der Waals surface area (Å²) in [6.45, 7) is 10.9. The van der Waals surface area contributed by atoms with Gasteiger partial charge in [-0.3, -0.25) is 9.89 Å². The van der Waals surface area contributed by atoms with Crippen LogP contribution in [0.25, 0.3) is 0 Å². The molecule has 120 valence electrons. The molecule has 0 saturated carbocycles. The van der Waals surface area contributed by atoms with Crippen molar-refractivity contribution in [2.45, 2.75) is 45.3 Å². The number of likely N-dealkylation sites (tertiary alicyclic amines) is 1. The van der Waals surface area contributed by atoms with Gasteiger partial charge in [-0.2, -0.15) is 0 Å². The van der Waals surface area contributed by atoms with E-state index in [1.165, 1.54) is 25.8 Å². The molecule has 3 aliphatic rings. The molecule has 0 bridgehead atoms. The number of morpholine rings is 1. The van der Waals surface area contributed by atoms with Crippen molar-refractivity contribution in [3.8, 4) is 0 Å². The molecule has 0 aromatic heterocycles. The van der Waals surface area contributed by atoms with Gasteiger partial charge in [-0.1, -0.05) is 13.8 Å². The molecule has 5 nitrogen and oxygen atoms in total. The third-order valence-corrected chi connectivity index (χ3v) is 5.14. The van der Waals surface area contributed by atoms with Gasteiger partial charge in [0.2, 0.25) is 0 Å². The highest BCUT2D eigenvalue weighted by molar-refractivity contribution is 5.80. The monoisotopic (exact) mass is 294 g/mol. The van der Waals surface area contributed by atoms with Crippen molar-refractivity contribution < 1.29 is 4.74 Å². The lowest BCUT2D eigenvalue weighted by Gasteiger charge is -2.35. The van der Waals surface area contributed by atoms with Crippen molar-refractivity contribution >= 4 is 5.96 Å². The number of ether oxygens (including phenoxy) is 1. The molecule has 3 aliphatic heterocycles. The number of fused-ring (bicyclic) bond motifs is 1. The third-order valence-electron chi connectivity index (χ3n) is 5.14. The Labute approximate surface area is 128 Å². The Morgan fingerprint density at radius 2 is 2.24 bits per heavy atom. The molecule has 0 aliphatic carbocycles. The SMILES string of the molecule is CN=C(NCC1CN2CCCC2CO1)N1CCC(C)(C)C1. The second kappa shape index (κ2) is 6.13. The first kappa shape index (κ1) is 15.1. The first-order valence-electron chi connectivity index (χ1n) is 8.39. The lowest BCUT2D eigenvalue weighted by molar-refractivity contribution is -0.0454.